The Hall–Kier alpha value is -2.47. The highest BCUT2D eigenvalue weighted by atomic mass is 35.5. The van der Waals surface area contributed by atoms with Gasteiger partial charge in [0.1, 0.15) is 11.6 Å². The molecule has 0 bridgehead atoms. The van der Waals surface area contributed by atoms with Gasteiger partial charge in [0.25, 0.3) is 0 Å². The Morgan fingerprint density at radius 1 is 1.33 bits per heavy atom. The standard InChI is InChI=1S/C20H20ClF2N3O/c1-4-26(3)11-24-17-8-12(2)13(9-14(17)21)19-10-18(25-27-19)20-15(22)6-5-7-16(20)23/h5-9,11,19H,4,10H2,1-3H3. The first-order valence-corrected chi connectivity index (χ1v) is 9.00. The fourth-order valence-corrected chi connectivity index (χ4v) is 3.06. The highest BCUT2D eigenvalue weighted by molar-refractivity contribution is 6.33. The van der Waals surface area contributed by atoms with Crippen molar-refractivity contribution in [2.45, 2.75) is 26.4 Å². The van der Waals surface area contributed by atoms with Crippen LogP contribution in [0.3, 0.4) is 0 Å². The van der Waals surface area contributed by atoms with Gasteiger partial charge in [-0.15, -0.1) is 0 Å². The van der Waals surface area contributed by atoms with Gasteiger partial charge < -0.3 is 9.74 Å². The van der Waals surface area contributed by atoms with Gasteiger partial charge in [0.15, 0.2) is 6.10 Å². The molecule has 1 heterocycles. The second-order valence-corrected chi connectivity index (χ2v) is 6.82. The molecule has 2 aromatic carbocycles. The monoisotopic (exact) mass is 391 g/mol. The maximum absolute atomic E-state index is 14.0. The lowest BCUT2D eigenvalue weighted by Gasteiger charge is -2.14. The minimum Gasteiger partial charge on any atom is -0.387 e. The van der Waals surface area contributed by atoms with Gasteiger partial charge in [0, 0.05) is 20.0 Å². The number of aliphatic imine (C=N–C) groups is 1. The Morgan fingerprint density at radius 3 is 2.70 bits per heavy atom. The molecule has 27 heavy (non-hydrogen) atoms. The number of aryl methyl sites for hydroxylation is 1. The van der Waals surface area contributed by atoms with E-state index in [1.807, 2.05) is 31.9 Å². The molecule has 1 atom stereocenters. The molecule has 1 unspecified atom stereocenters. The Morgan fingerprint density at radius 2 is 2.04 bits per heavy atom. The Bertz CT molecular complexity index is 894. The number of oxime groups is 1. The van der Waals surface area contributed by atoms with Crippen molar-refractivity contribution in [2.24, 2.45) is 10.1 Å². The van der Waals surface area contributed by atoms with Gasteiger partial charge >= 0.3 is 0 Å². The molecule has 0 spiro atoms. The average Bonchev–Trinajstić information content (AvgIpc) is 3.11. The topological polar surface area (TPSA) is 37.2 Å². The molecule has 0 radical (unpaired) electrons. The van der Waals surface area contributed by atoms with Crippen LogP contribution >= 0.6 is 11.6 Å². The molecule has 0 aromatic heterocycles. The van der Waals surface area contributed by atoms with E-state index in [4.69, 9.17) is 16.4 Å². The fraction of sp³-hybridized carbons (Fsp3) is 0.300. The van der Waals surface area contributed by atoms with Crippen molar-refractivity contribution in [3.8, 4) is 0 Å². The highest BCUT2D eigenvalue weighted by Crippen LogP contribution is 2.37. The largest absolute Gasteiger partial charge is 0.387 e. The second-order valence-electron chi connectivity index (χ2n) is 6.41. The molecule has 0 aliphatic carbocycles. The van der Waals surface area contributed by atoms with Crippen LogP contribution in [0.15, 0.2) is 40.5 Å². The zero-order valence-corrected chi connectivity index (χ0v) is 16.1. The van der Waals surface area contributed by atoms with Crippen molar-refractivity contribution in [1.82, 2.24) is 4.90 Å². The third-order valence-electron chi connectivity index (χ3n) is 4.50. The summed E-state index contributed by atoms with van der Waals surface area (Å²) in [5, 5.41) is 4.38. The van der Waals surface area contributed by atoms with Crippen molar-refractivity contribution in [3.05, 3.63) is 63.7 Å². The summed E-state index contributed by atoms with van der Waals surface area (Å²) in [6.45, 7) is 4.77. The maximum atomic E-state index is 14.0. The van der Waals surface area contributed by atoms with Crippen LogP contribution in [0.1, 0.15) is 36.1 Å². The van der Waals surface area contributed by atoms with E-state index in [0.29, 0.717) is 10.7 Å². The van der Waals surface area contributed by atoms with Gasteiger partial charge in [-0.1, -0.05) is 22.8 Å². The van der Waals surface area contributed by atoms with E-state index in [0.717, 1.165) is 17.7 Å². The molecule has 1 aliphatic rings. The minimum atomic E-state index is -0.655. The van der Waals surface area contributed by atoms with Gasteiger partial charge in [-0.3, -0.25) is 0 Å². The third kappa shape index (κ3) is 4.11. The SMILES string of the molecule is CCN(C)C=Nc1cc(C)c(C2CC(c3c(F)cccc3F)=NO2)cc1Cl. The predicted octanol–water partition coefficient (Wildman–Crippen LogP) is 5.40. The van der Waals surface area contributed by atoms with E-state index in [-0.39, 0.29) is 17.7 Å². The number of benzene rings is 2. The fourth-order valence-electron chi connectivity index (χ4n) is 2.84. The molecule has 0 saturated heterocycles. The number of hydrogen-bond acceptors (Lipinski definition) is 3. The summed E-state index contributed by atoms with van der Waals surface area (Å²) in [6.07, 6.45) is 1.53. The molecule has 142 valence electrons. The smallest absolute Gasteiger partial charge is 0.158 e. The van der Waals surface area contributed by atoms with Crippen LogP contribution in [0, 0.1) is 18.6 Å². The molecular weight excluding hydrogens is 372 g/mol. The van der Waals surface area contributed by atoms with Crippen LogP contribution in [-0.2, 0) is 4.84 Å². The van der Waals surface area contributed by atoms with Crippen LogP contribution < -0.4 is 0 Å². The molecule has 2 aromatic rings. The zero-order valence-electron chi connectivity index (χ0n) is 15.3. The van der Waals surface area contributed by atoms with Gasteiger partial charge in [0.05, 0.1) is 28.3 Å². The van der Waals surface area contributed by atoms with Gasteiger partial charge in [0.2, 0.25) is 0 Å². The lowest BCUT2D eigenvalue weighted by Crippen LogP contribution is -2.14. The molecule has 0 amide bonds. The van der Waals surface area contributed by atoms with Gasteiger partial charge in [-0.05, 0) is 49.2 Å². The zero-order chi connectivity index (χ0) is 19.6. The Kier molecular flexibility index (Phi) is 5.75. The molecule has 0 fully saturated rings. The van der Waals surface area contributed by atoms with E-state index >= 15 is 0 Å². The van der Waals surface area contributed by atoms with Gasteiger partial charge in [-0.25, -0.2) is 13.8 Å². The Balaban J connectivity index is 1.83. The van der Waals surface area contributed by atoms with Crippen LogP contribution in [0.2, 0.25) is 5.02 Å². The Labute approximate surface area is 162 Å². The number of rotatable bonds is 5. The first-order valence-electron chi connectivity index (χ1n) is 8.62. The van der Waals surface area contributed by atoms with Crippen molar-refractivity contribution < 1.29 is 13.6 Å². The minimum absolute atomic E-state index is 0.146. The third-order valence-corrected chi connectivity index (χ3v) is 4.80. The molecule has 4 nitrogen and oxygen atoms in total. The lowest BCUT2D eigenvalue weighted by atomic mass is 9.96. The van der Waals surface area contributed by atoms with Crippen molar-refractivity contribution in [2.75, 3.05) is 13.6 Å². The molecular formula is C20H20ClF2N3O. The van der Waals surface area contributed by atoms with E-state index in [1.165, 1.54) is 18.2 Å². The first kappa shape index (κ1) is 19.3. The molecule has 0 N–H and O–H groups in total. The second kappa shape index (κ2) is 8.05. The lowest BCUT2D eigenvalue weighted by molar-refractivity contribution is 0.0853. The normalized spacial score (nSPS) is 16.5. The highest BCUT2D eigenvalue weighted by Gasteiger charge is 2.29. The average molecular weight is 392 g/mol. The summed E-state index contributed by atoms with van der Waals surface area (Å²) in [6, 6.07) is 7.37. The van der Waals surface area contributed by atoms with Crippen LogP contribution in [0.5, 0.6) is 0 Å². The summed E-state index contributed by atoms with van der Waals surface area (Å²) in [5.74, 6) is -1.31. The summed E-state index contributed by atoms with van der Waals surface area (Å²) in [7, 11) is 1.92. The molecule has 1 aliphatic heterocycles. The quantitative estimate of drug-likeness (QED) is 0.505. The van der Waals surface area contributed by atoms with Crippen LogP contribution in [0.4, 0.5) is 14.5 Å². The number of halogens is 3. The van der Waals surface area contributed by atoms with E-state index in [9.17, 15) is 8.78 Å². The predicted molar refractivity (Wildman–Crippen MR) is 104 cm³/mol. The van der Waals surface area contributed by atoms with Gasteiger partial charge in [-0.2, -0.15) is 0 Å². The van der Waals surface area contributed by atoms with Crippen molar-refractivity contribution in [1.29, 1.82) is 0 Å². The summed E-state index contributed by atoms with van der Waals surface area (Å²) in [5.41, 5.74) is 2.49. The van der Waals surface area contributed by atoms with Crippen LogP contribution in [-0.4, -0.2) is 30.5 Å². The maximum Gasteiger partial charge on any atom is 0.158 e. The number of hydrogen-bond donors (Lipinski definition) is 0. The first-order chi connectivity index (χ1) is 12.9. The summed E-state index contributed by atoms with van der Waals surface area (Å²) < 4.78 is 28.0. The van der Waals surface area contributed by atoms with E-state index in [2.05, 4.69) is 10.1 Å². The van der Waals surface area contributed by atoms with E-state index < -0.39 is 17.7 Å². The number of nitrogens with zero attached hydrogens (tertiary/aromatic N) is 3. The van der Waals surface area contributed by atoms with E-state index in [1.54, 1.807) is 12.4 Å². The summed E-state index contributed by atoms with van der Waals surface area (Å²) >= 11 is 6.37. The molecule has 3 rings (SSSR count). The summed E-state index contributed by atoms with van der Waals surface area (Å²) in [4.78, 5) is 11.8. The van der Waals surface area contributed by atoms with Crippen LogP contribution in [0.25, 0.3) is 0 Å². The molecule has 0 saturated carbocycles. The van der Waals surface area contributed by atoms with Crippen molar-refractivity contribution in [3.63, 3.8) is 0 Å². The van der Waals surface area contributed by atoms with Crippen molar-refractivity contribution >= 4 is 29.3 Å². The molecule has 7 heteroatoms.